The van der Waals surface area contributed by atoms with Crippen LogP contribution in [0, 0.1) is 11.3 Å². The molecule has 1 aromatic carbocycles. The lowest BCUT2D eigenvalue weighted by Crippen LogP contribution is -2.33. The van der Waals surface area contributed by atoms with Gasteiger partial charge in [-0.25, -0.2) is 0 Å². The summed E-state index contributed by atoms with van der Waals surface area (Å²) in [5.74, 6) is -0.177. The standard InChI is InChI=1S/C14H19N3O2/c1-2-19-11-13-6-4-3-5-12(13)9-16-10-14(18)17-8-7-15/h3-6,16H,2,8-11H2,1H3,(H,17,18). The van der Waals surface area contributed by atoms with E-state index in [-0.39, 0.29) is 19.0 Å². The van der Waals surface area contributed by atoms with Crippen molar-refractivity contribution in [3.63, 3.8) is 0 Å². The summed E-state index contributed by atoms with van der Waals surface area (Å²) >= 11 is 0. The number of benzene rings is 1. The van der Waals surface area contributed by atoms with Crippen LogP contribution in [0.3, 0.4) is 0 Å². The lowest BCUT2D eigenvalue weighted by molar-refractivity contribution is -0.120. The first-order valence-electron chi connectivity index (χ1n) is 6.26. The van der Waals surface area contributed by atoms with Crippen molar-refractivity contribution in [2.45, 2.75) is 20.1 Å². The van der Waals surface area contributed by atoms with Gasteiger partial charge in [-0.3, -0.25) is 4.79 Å². The molecule has 5 heteroatoms. The maximum Gasteiger partial charge on any atom is 0.234 e. The Kier molecular flexibility index (Phi) is 7.25. The highest BCUT2D eigenvalue weighted by atomic mass is 16.5. The zero-order valence-electron chi connectivity index (χ0n) is 11.1. The molecule has 19 heavy (non-hydrogen) atoms. The number of rotatable bonds is 8. The van der Waals surface area contributed by atoms with Gasteiger partial charge in [-0.15, -0.1) is 0 Å². The molecule has 0 aromatic heterocycles. The molecule has 0 aliphatic rings. The summed E-state index contributed by atoms with van der Waals surface area (Å²) in [6.45, 7) is 4.06. The van der Waals surface area contributed by atoms with E-state index in [9.17, 15) is 4.79 Å². The van der Waals surface area contributed by atoms with Crippen molar-refractivity contribution in [2.24, 2.45) is 0 Å². The Hall–Kier alpha value is -1.90. The number of carbonyl (C=O) groups excluding carboxylic acids is 1. The zero-order chi connectivity index (χ0) is 13.9. The number of hydrogen-bond donors (Lipinski definition) is 2. The fourth-order valence-corrected chi connectivity index (χ4v) is 1.59. The fraction of sp³-hybridized carbons (Fsp3) is 0.429. The van der Waals surface area contributed by atoms with Crippen LogP contribution in [-0.4, -0.2) is 25.6 Å². The number of amides is 1. The largest absolute Gasteiger partial charge is 0.377 e. The van der Waals surface area contributed by atoms with Crippen molar-refractivity contribution in [3.8, 4) is 6.07 Å². The van der Waals surface area contributed by atoms with Crippen LogP contribution in [0.5, 0.6) is 0 Å². The minimum atomic E-state index is -0.177. The van der Waals surface area contributed by atoms with Gasteiger partial charge in [-0.05, 0) is 18.1 Å². The average Bonchev–Trinajstić information content (AvgIpc) is 2.44. The van der Waals surface area contributed by atoms with Gasteiger partial charge in [-0.2, -0.15) is 5.26 Å². The van der Waals surface area contributed by atoms with E-state index in [0.717, 1.165) is 11.1 Å². The van der Waals surface area contributed by atoms with Crippen LogP contribution in [0.4, 0.5) is 0 Å². The molecule has 1 amide bonds. The monoisotopic (exact) mass is 261 g/mol. The van der Waals surface area contributed by atoms with Crippen LogP contribution in [-0.2, 0) is 22.7 Å². The summed E-state index contributed by atoms with van der Waals surface area (Å²) in [6, 6.07) is 9.82. The summed E-state index contributed by atoms with van der Waals surface area (Å²) in [4.78, 5) is 11.3. The molecular weight excluding hydrogens is 242 g/mol. The van der Waals surface area contributed by atoms with E-state index >= 15 is 0 Å². The van der Waals surface area contributed by atoms with Crippen molar-refractivity contribution in [2.75, 3.05) is 19.7 Å². The third-order valence-corrected chi connectivity index (χ3v) is 2.55. The van der Waals surface area contributed by atoms with Crippen LogP contribution in [0.2, 0.25) is 0 Å². The van der Waals surface area contributed by atoms with Crippen LogP contribution in [0.25, 0.3) is 0 Å². The van der Waals surface area contributed by atoms with E-state index in [2.05, 4.69) is 10.6 Å². The average molecular weight is 261 g/mol. The topological polar surface area (TPSA) is 74.2 Å². The Morgan fingerprint density at radius 1 is 1.37 bits per heavy atom. The van der Waals surface area contributed by atoms with Crippen molar-refractivity contribution >= 4 is 5.91 Å². The van der Waals surface area contributed by atoms with Gasteiger partial charge in [0.1, 0.15) is 6.54 Å². The van der Waals surface area contributed by atoms with Gasteiger partial charge in [0.2, 0.25) is 5.91 Å². The molecule has 0 saturated heterocycles. The maximum absolute atomic E-state index is 11.3. The third kappa shape index (κ3) is 6.00. The lowest BCUT2D eigenvalue weighted by atomic mass is 10.1. The Bertz CT molecular complexity index is 441. The Morgan fingerprint density at radius 3 is 2.79 bits per heavy atom. The van der Waals surface area contributed by atoms with Gasteiger partial charge in [0, 0.05) is 13.2 Å². The van der Waals surface area contributed by atoms with Gasteiger partial charge in [-0.1, -0.05) is 24.3 Å². The molecule has 0 bridgehead atoms. The van der Waals surface area contributed by atoms with Gasteiger partial charge < -0.3 is 15.4 Å². The van der Waals surface area contributed by atoms with Crippen molar-refractivity contribution in [1.82, 2.24) is 10.6 Å². The van der Waals surface area contributed by atoms with Gasteiger partial charge in [0.15, 0.2) is 0 Å². The number of hydrogen-bond acceptors (Lipinski definition) is 4. The van der Waals surface area contributed by atoms with Gasteiger partial charge in [0.05, 0.1) is 19.2 Å². The second-order valence-electron chi connectivity index (χ2n) is 3.94. The summed E-state index contributed by atoms with van der Waals surface area (Å²) in [5, 5.41) is 13.9. The molecular formula is C14H19N3O2. The second-order valence-corrected chi connectivity index (χ2v) is 3.94. The number of ether oxygens (including phenoxy) is 1. The number of carbonyl (C=O) groups is 1. The summed E-state index contributed by atoms with van der Waals surface area (Å²) in [7, 11) is 0. The highest BCUT2D eigenvalue weighted by molar-refractivity contribution is 5.78. The molecule has 0 radical (unpaired) electrons. The van der Waals surface area contributed by atoms with E-state index < -0.39 is 0 Å². The molecule has 0 unspecified atom stereocenters. The smallest absolute Gasteiger partial charge is 0.234 e. The first-order chi connectivity index (χ1) is 9.27. The maximum atomic E-state index is 11.3. The van der Waals surface area contributed by atoms with E-state index in [1.807, 2.05) is 37.3 Å². The van der Waals surface area contributed by atoms with Crippen molar-refractivity contribution < 1.29 is 9.53 Å². The highest BCUT2D eigenvalue weighted by Gasteiger charge is 2.03. The van der Waals surface area contributed by atoms with Crippen molar-refractivity contribution in [3.05, 3.63) is 35.4 Å². The third-order valence-electron chi connectivity index (χ3n) is 2.55. The molecule has 0 heterocycles. The first-order valence-corrected chi connectivity index (χ1v) is 6.26. The Morgan fingerprint density at radius 2 is 2.11 bits per heavy atom. The molecule has 0 aliphatic heterocycles. The fourth-order valence-electron chi connectivity index (χ4n) is 1.59. The van der Waals surface area contributed by atoms with E-state index in [1.54, 1.807) is 0 Å². The molecule has 0 aliphatic carbocycles. The summed E-state index contributed by atoms with van der Waals surface area (Å²) in [5.41, 5.74) is 2.23. The van der Waals surface area contributed by atoms with Gasteiger partial charge >= 0.3 is 0 Å². The molecule has 5 nitrogen and oxygen atoms in total. The predicted octanol–water partition coefficient (Wildman–Crippen LogP) is 0.952. The molecule has 0 atom stereocenters. The molecule has 0 spiro atoms. The number of nitrogens with one attached hydrogen (secondary N) is 2. The van der Waals surface area contributed by atoms with Crippen LogP contribution >= 0.6 is 0 Å². The molecule has 1 aromatic rings. The predicted molar refractivity (Wildman–Crippen MR) is 72.1 cm³/mol. The lowest BCUT2D eigenvalue weighted by Gasteiger charge is -2.10. The minimum Gasteiger partial charge on any atom is -0.377 e. The molecule has 1 rings (SSSR count). The van der Waals surface area contributed by atoms with E-state index in [4.69, 9.17) is 10.00 Å². The van der Waals surface area contributed by atoms with Gasteiger partial charge in [0.25, 0.3) is 0 Å². The van der Waals surface area contributed by atoms with Crippen LogP contribution < -0.4 is 10.6 Å². The first kappa shape index (κ1) is 15.2. The minimum absolute atomic E-state index is 0.0431. The molecule has 0 saturated carbocycles. The molecule has 2 N–H and O–H groups in total. The number of nitriles is 1. The summed E-state index contributed by atoms with van der Waals surface area (Å²) < 4.78 is 5.40. The Balaban J connectivity index is 2.40. The van der Waals surface area contributed by atoms with Crippen LogP contribution in [0.15, 0.2) is 24.3 Å². The summed E-state index contributed by atoms with van der Waals surface area (Å²) in [6.07, 6.45) is 0. The van der Waals surface area contributed by atoms with Crippen molar-refractivity contribution in [1.29, 1.82) is 5.26 Å². The normalized spacial score (nSPS) is 9.89. The Labute approximate surface area is 113 Å². The number of nitrogens with zero attached hydrogens (tertiary/aromatic N) is 1. The quantitative estimate of drug-likeness (QED) is 0.683. The SMILES string of the molecule is CCOCc1ccccc1CNCC(=O)NCC#N. The zero-order valence-corrected chi connectivity index (χ0v) is 11.1. The van der Waals surface area contributed by atoms with Crippen LogP contribution in [0.1, 0.15) is 18.1 Å². The van der Waals surface area contributed by atoms with E-state index in [1.165, 1.54) is 0 Å². The van der Waals surface area contributed by atoms with E-state index in [0.29, 0.717) is 19.8 Å². The second kappa shape index (κ2) is 9.09. The molecule has 102 valence electrons. The molecule has 0 fully saturated rings. The highest BCUT2D eigenvalue weighted by Crippen LogP contribution is 2.09.